The van der Waals surface area contributed by atoms with Gasteiger partial charge >= 0.3 is 0 Å². The number of rotatable bonds is 9. The lowest BCUT2D eigenvalue weighted by atomic mass is 9.73. The summed E-state index contributed by atoms with van der Waals surface area (Å²) in [5.74, 6) is 0.917. The fraction of sp³-hybridized carbons (Fsp3) is 0.944. The Kier molecular flexibility index (Phi) is 7.79. The molecule has 2 atom stereocenters. The van der Waals surface area contributed by atoms with E-state index >= 15 is 0 Å². The molecule has 0 saturated heterocycles. The zero-order chi connectivity index (χ0) is 15.0. The molecular formula is C18H34O2. The summed E-state index contributed by atoms with van der Waals surface area (Å²) in [6.07, 6.45) is 11.9. The lowest BCUT2D eigenvalue weighted by Crippen LogP contribution is -2.36. The van der Waals surface area contributed by atoms with Gasteiger partial charge in [-0.05, 0) is 31.6 Å². The third-order valence-electron chi connectivity index (χ3n) is 4.80. The summed E-state index contributed by atoms with van der Waals surface area (Å²) in [6, 6.07) is 0. The Morgan fingerprint density at radius 1 is 1.25 bits per heavy atom. The van der Waals surface area contributed by atoms with E-state index in [9.17, 15) is 9.90 Å². The summed E-state index contributed by atoms with van der Waals surface area (Å²) in [7, 11) is 0. The number of carbonyl (C=O) groups is 1. The van der Waals surface area contributed by atoms with Crippen LogP contribution in [0, 0.1) is 11.8 Å². The predicted octanol–water partition coefficient (Wildman–Crippen LogP) is 4.88. The van der Waals surface area contributed by atoms with E-state index in [0.29, 0.717) is 18.1 Å². The molecule has 1 aliphatic rings. The average Bonchev–Trinajstić information content (AvgIpc) is 2.38. The Hall–Kier alpha value is -0.370. The van der Waals surface area contributed by atoms with E-state index in [1.54, 1.807) is 0 Å². The van der Waals surface area contributed by atoms with Gasteiger partial charge in [-0.2, -0.15) is 0 Å². The Morgan fingerprint density at radius 2 is 1.95 bits per heavy atom. The van der Waals surface area contributed by atoms with E-state index in [2.05, 4.69) is 6.92 Å². The molecule has 1 N–H and O–H groups in total. The second-order valence-electron chi connectivity index (χ2n) is 7.18. The van der Waals surface area contributed by atoms with E-state index in [-0.39, 0.29) is 5.92 Å². The summed E-state index contributed by atoms with van der Waals surface area (Å²) in [6.45, 7) is 6.18. The predicted molar refractivity (Wildman–Crippen MR) is 84.7 cm³/mol. The van der Waals surface area contributed by atoms with E-state index in [0.717, 1.165) is 38.5 Å². The number of carbonyl (C=O) groups excluding carboxylic acids is 1. The molecule has 0 spiro atoms. The Bertz CT molecular complexity index is 285. The monoisotopic (exact) mass is 282 g/mol. The van der Waals surface area contributed by atoms with Crippen LogP contribution >= 0.6 is 0 Å². The number of unbranched alkanes of at least 4 members (excludes halogenated alkanes) is 4. The summed E-state index contributed by atoms with van der Waals surface area (Å²) in [5, 5.41) is 10.7. The topological polar surface area (TPSA) is 37.3 Å². The summed E-state index contributed by atoms with van der Waals surface area (Å²) in [4.78, 5) is 11.9. The van der Waals surface area contributed by atoms with E-state index < -0.39 is 5.60 Å². The molecule has 0 bridgehead atoms. The van der Waals surface area contributed by atoms with Gasteiger partial charge in [-0.25, -0.2) is 0 Å². The van der Waals surface area contributed by atoms with Gasteiger partial charge in [0.1, 0.15) is 5.78 Å². The molecule has 0 aromatic heterocycles. The number of hydrogen-bond acceptors (Lipinski definition) is 2. The molecule has 0 aromatic carbocycles. The van der Waals surface area contributed by atoms with Gasteiger partial charge in [0.25, 0.3) is 0 Å². The first-order valence-electron chi connectivity index (χ1n) is 8.72. The standard InChI is InChI=1S/C18H34O2/c1-4-5-6-7-8-11-18(20)12-9-10-16(14-18)13-17(19)15(2)3/h15-16,20H,4-14H2,1-3H3/t16-,18-/m0/s1. The quantitative estimate of drug-likeness (QED) is 0.612. The first-order valence-corrected chi connectivity index (χ1v) is 8.72. The number of hydrogen-bond donors (Lipinski definition) is 1. The molecule has 1 fully saturated rings. The molecule has 0 aliphatic heterocycles. The third-order valence-corrected chi connectivity index (χ3v) is 4.80. The van der Waals surface area contributed by atoms with Crippen molar-refractivity contribution in [1.29, 1.82) is 0 Å². The second kappa shape index (κ2) is 8.81. The first-order chi connectivity index (χ1) is 9.47. The molecule has 0 heterocycles. The van der Waals surface area contributed by atoms with Crippen molar-refractivity contribution in [2.45, 2.75) is 97.0 Å². The van der Waals surface area contributed by atoms with Crippen LogP contribution in [0.3, 0.4) is 0 Å². The van der Waals surface area contributed by atoms with Crippen LogP contribution in [-0.4, -0.2) is 16.5 Å². The van der Waals surface area contributed by atoms with Gasteiger partial charge in [-0.1, -0.05) is 59.3 Å². The molecular weight excluding hydrogens is 248 g/mol. The number of aliphatic hydroxyl groups is 1. The van der Waals surface area contributed by atoms with Crippen LogP contribution in [0.4, 0.5) is 0 Å². The zero-order valence-electron chi connectivity index (χ0n) is 13.8. The minimum atomic E-state index is -0.480. The largest absolute Gasteiger partial charge is 0.390 e. The van der Waals surface area contributed by atoms with E-state index in [1.807, 2.05) is 13.8 Å². The molecule has 118 valence electrons. The van der Waals surface area contributed by atoms with Crippen molar-refractivity contribution in [2.75, 3.05) is 0 Å². The lowest BCUT2D eigenvalue weighted by molar-refractivity contribution is -0.124. The van der Waals surface area contributed by atoms with Gasteiger partial charge < -0.3 is 5.11 Å². The van der Waals surface area contributed by atoms with Crippen LogP contribution in [0.5, 0.6) is 0 Å². The smallest absolute Gasteiger partial charge is 0.135 e. The molecule has 2 nitrogen and oxygen atoms in total. The molecule has 1 rings (SSSR count). The van der Waals surface area contributed by atoms with Crippen LogP contribution in [0.1, 0.15) is 91.4 Å². The van der Waals surface area contributed by atoms with E-state index in [4.69, 9.17) is 0 Å². The molecule has 0 aromatic rings. The maximum Gasteiger partial charge on any atom is 0.135 e. The van der Waals surface area contributed by atoms with Crippen LogP contribution in [0.15, 0.2) is 0 Å². The van der Waals surface area contributed by atoms with Crippen molar-refractivity contribution in [3.63, 3.8) is 0 Å². The molecule has 0 unspecified atom stereocenters. The highest BCUT2D eigenvalue weighted by Crippen LogP contribution is 2.38. The van der Waals surface area contributed by atoms with Crippen molar-refractivity contribution < 1.29 is 9.90 Å². The highest BCUT2D eigenvalue weighted by Gasteiger charge is 2.34. The summed E-state index contributed by atoms with van der Waals surface area (Å²) in [5.41, 5.74) is -0.480. The van der Waals surface area contributed by atoms with Gasteiger partial charge in [0.05, 0.1) is 5.60 Å². The summed E-state index contributed by atoms with van der Waals surface area (Å²) < 4.78 is 0. The highest BCUT2D eigenvalue weighted by molar-refractivity contribution is 5.80. The number of Topliss-reactive ketones (excluding diaryl/α,β-unsaturated/α-hetero) is 1. The van der Waals surface area contributed by atoms with E-state index in [1.165, 1.54) is 25.7 Å². The minimum Gasteiger partial charge on any atom is -0.390 e. The van der Waals surface area contributed by atoms with Crippen molar-refractivity contribution in [2.24, 2.45) is 11.8 Å². The Balaban J connectivity index is 2.32. The van der Waals surface area contributed by atoms with Crippen LogP contribution in [0.25, 0.3) is 0 Å². The minimum absolute atomic E-state index is 0.138. The fourth-order valence-corrected chi connectivity index (χ4v) is 3.44. The van der Waals surface area contributed by atoms with Crippen molar-refractivity contribution >= 4 is 5.78 Å². The van der Waals surface area contributed by atoms with Crippen LogP contribution in [0.2, 0.25) is 0 Å². The summed E-state index contributed by atoms with van der Waals surface area (Å²) >= 11 is 0. The molecule has 1 aliphatic carbocycles. The van der Waals surface area contributed by atoms with Crippen molar-refractivity contribution in [3.8, 4) is 0 Å². The van der Waals surface area contributed by atoms with Gasteiger partial charge in [0, 0.05) is 12.3 Å². The first kappa shape index (κ1) is 17.7. The highest BCUT2D eigenvalue weighted by atomic mass is 16.3. The molecule has 0 amide bonds. The van der Waals surface area contributed by atoms with Crippen LogP contribution < -0.4 is 0 Å². The zero-order valence-corrected chi connectivity index (χ0v) is 13.8. The molecule has 2 heteroatoms. The van der Waals surface area contributed by atoms with Crippen LogP contribution in [-0.2, 0) is 4.79 Å². The Labute approximate surface area is 125 Å². The van der Waals surface area contributed by atoms with Gasteiger partial charge in [-0.3, -0.25) is 4.79 Å². The third kappa shape index (κ3) is 6.39. The van der Waals surface area contributed by atoms with Crippen molar-refractivity contribution in [1.82, 2.24) is 0 Å². The molecule has 1 saturated carbocycles. The SMILES string of the molecule is CCCCCCC[C@]1(O)CCC[C@@H](CC(=O)C(C)C)C1. The van der Waals surface area contributed by atoms with Gasteiger partial charge in [-0.15, -0.1) is 0 Å². The normalized spacial score (nSPS) is 26.9. The molecule has 0 radical (unpaired) electrons. The maximum absolute atomic E-state index is 11.9. The lowest BCUT2D eigenvalue weighted by Gasteiger charge is -2.37. The van der Waals surface area contributed by atoms with Crippen molar-refractivity contribution in [3.05, 3.63) is 0 Å². The fourth-order valence-electron chi connectivity index (χ4n) is 3.44. The average molecular weight is 282 g/mol. The molecule has 20 heavy (non-hydrogen) atoms. The number of ketones is 1. The van der Waals surface area contributed by atoms with Gasteiger partial charge in [0.2, 0.25) is 0 Å². The van der Waals surface area contributed by atoms with Gasteiger partial charge in [0.15, 0.2) is 0 Å². The maximum atomic E-state index is 11.9. The Morgan fingerprint density at radius 3 is 2.60 bits per heavy atom. The second-order valence-corrected chi connectivity index (χ2v) is 7.18.